The summed E-state index contributed by atoms with van der Waals surface area (Å²) in [5.74, 6) is 1.94. The first kappa shape index (κ1) is 15.4. The van der Waals surface area contributed by atoms with Crippen molar-refractivity contribution in [1.82, 2.24) is 5.32 Å². The average Bonchev–Trinajstić information content (AvgIpc) is 2.91. The van der Waals surface area contributed by atoms with Gasteiger partial charge in [0.2, 0.25) is 0 Å². The van der Waals surface area contributed by atoms with Gasteiger partial charge in [-0.05, 0) is 62.3 Å². The smallest absolute Gasteiger partial charge is 0.0152 e. The molecule has 0 saturated heterocycles. The molecule has 1 N–H and O–H groups in total. The molecule has 2 aliphatic rings. The summed E-state index contributed by atoms with van der Waals surface area (Å²) in [6, 6.07) is 0.812. The highest BCUT2D eigenvalue weighted by molar-refractivity contribution is 4.98. The lowest BCUT2D eigenvalue weighted by atomic mass is 9.66. The highest BCUT2D eigenvalue weighted by atomic mass is 14.9. The molecule has 0 radical (unpaired) electrons. The second-order valence-corrected chi connectivity index (χ2v) is 7.37. The van der Waals surface area contributed by atoms with Gasteiger partial charge >= 0.3 is 0 Å². The molecule has 112 valence electrons. The molecule has 2 aliphatic carbocycles. The van der Waals surface area contributed by atoms with Crippen LogP contribution < -0.4 is 5.32 Å². The van der Waals surface area contributed by atoms with E-state index in [-0.39, 0.29) is 0 Å². The van der Waals surface area contributed by atoms with E-state index in [9.17, 15) is 0 Å². The molecule has 0 spiro atoms. The Labute approximate surface area is 120 Å². The molecule has 19 heavy (non-hydrogen) atoms. The molecule has 1 nitrogen and oxygen atoms in total. The fraction of sp³-hybridized carbons (Fsp3) is 1.00. The van der Waals surface area contributed by atoms with Gasteiger partial charge in [0, 0.05) is 6.04 Å². The summed E-state index contributed by atoms with van der Waals surface area (Å²) in [5, 5.41) is 3.99. The van der Waals surface area contributed by atoms with Crippen molar-refractivity contribution >= 4 is 0 Å². The van der Waals surface area contributed by atoms with Gasteiger partial charge < -0.3 is 5.32 Å². The van der Waals surface area contributed by atoms with Crippen LogP contribution in [0, 0.1) is 17.3 Å². The van der Waals surface area contributed by atoms with Gasteiger partial charge in [0.25, 0.3) is 0 Å². The Bertz CT molecular complexity index is 246. The summed E-state index contributed by atoms with van der Waals surface area (Å²) in [5.41, 5.74) is 0.639. The third-order valence-corrected chi connectivity index (χ3v) is 6.11. The van der Waals surface area contributed by atoms with Crippen LogP contribution in [0.15, 0.2) is 0 Å². The van der Waals surface area contributed by atoms with Crippen molar-refractivity contribution in [1.29, 1.82) is 0 Å². The van der Waals surface area contributed by atoms with Crippen LogP contribution >= 0.6 is 0 Å². The number of nitrogens with one attached hydrogen (secondary N) is 1. The fourth-order valence-electron chi connectivity index (χ4n) is 4.77. The molecule has 1 unspecified atom stereocenters. The van der Waals surface area contributed by atoms with E-state index in [0.717, 1.165) is 17.9 Å². The second kappa shape index (κ2) is 7.11. The van der Waals surface area contributed by atoms with Crippen molar-refractivity contribution < 1.29 is 0 Å². The molecule has 2 fully saturated rings. The van der Waals surface area contributed by atoms with Crippen LogP contribution in [0.5, 0.6) is 0 Å². The van der Waals surface area contributed by atoms with Crippen molar-refractivity contribution in [2.45, 2.75) is 91.0 Å². The zero-order valence-corrected chi connectivity index (χ0v) is 13.5. The molecule has 1 atom stereocenters. The number of rotatable bonds is 6. The van der Waals surface area contributed by atoms with Crippen LogP contribution in [-0.2, 0) is 0 Å². The van der Waals surface area contributed by atoms with Crippen molar-refractivity contribution in [3.8, 4) is 0 Å². The SMILES string of the molecule is CCCNC(C1CCC(C)CC1)C1(CC)CCCC1. The summed E-state index contributed by atoms with van der Waals surface area (Å²) < 4.78 is 0. The summed E-state index contributed by atoms with van der Waals surface area (Å²) in [6.07, 6.45) is 14.5. The molecule has 0 heterocycles. The van der Waals surface area contributed by atoms with E-state index >= 15 is 0 Å². The van der Waals surface area contributed by atoms with Crippen LogP contribution in [0.3, 0.4) is 0 Å². The van der Waals surface area contributed by atoms with Gasteiger partial charge in [-0.2, -0.15) is 0 Å². The minimum atomic E-state index is 0.639. The van der Waals surface area contributed by atoms with E-state index < -0.39 is 0 Å². The summed E-state index contributed by atoms with van der Waals surface area (Å²) in [6.45, 7) is 8.41. The van der Waals surface area contributed by atoms with Gasteiger partial charge in [-0.3, -0.25) is 0 Å². The van der Waals surface area contributed by atoms with Crippen molar-refractivity contribution in [3.63, 3.8) is 0 Å². The van der Waals surface area contributed by atoms with Crippen LogP contribution in [-0.4, -0.2) is 12.6 Å². The lowest BCUT2D eigenvalue weighted by Gasteiger charge is -2.44. The Morgan fingerprint density at radius 2 is 1.68 bits per heavy atom. The minimum absolute atomic E-state index is 0.639. The maximum absolute atomic E-state index is 3.99. The molecule has 0 aromatic carbocycles. The molecule has 2 saturated carbocycles. The molecule has 2 rings (SSSR count). The van der Waals surface area contributed by atoms with E-state index in [2.05, 4.69) is 26.1 Å². The zero-order valence-electron chi connectivity index (χ0n) is 13.5. The third-order valence-electron chi connectivity index (χ3n) is 6.11. The molecular formula is C18H35N. The Morgan fingerprint density at radius 3 is 2.21 bits per heavy atom. The summed E-state index contributed by atoms with van der Waals surface area (Å²) in [7, 11) is 0. The first-order chi connectivity index (χ1) is 9.22. The predicted molar refractivity (Wildman–Crippen MR) is 84.4 cm³/mol. The lowest BCUT2D eigenvalue weighted by molar-refractivity contribution is 0.100. The normalized spacial score (nSPS) is 32.4. The topological polar surface area (TPSA) is 12.0 Å². The molecule has 1 heteroatoms. The summed E-state index contributed by atoms with van der Waals surface area (Å²) >= 11 is 0. The largest absolute Gasteiger partial charge is 0.313 e. The standard InChI is InChI=1S/C18H35N/c1-4-14-19-17(16-10-8-15(3)9-11-16)18(5-2)12-6-7-13-18/h15-17,19H,4-14H2,1-3H3. The van der Waals surface area contributed by atoms with E-state index in [0.29, 0.717) is 5.41 Å². The Kier molecular flexibility index (Phi) is 5.74. The molecule has 0 amide bonds. The monoisotopic (exact) mass is 265 g/mol. The third kappa shape index (κ3) is 3.54. The van der Waals surface area contributed by atoms with E-state index in [4.69, 9.17) is 0 Å². The maximum Gasteiger partial charge on any atom is 0.0152 e. The van der Waals surface area contributed by atoms with Crippen molar-refractivity contribution in [3.05, 3.63) is 0 Å². The van der Waals surface area contributed by atoms with Crippen LogP contribution in [0.1, 0.15) is 85.0 Å². The number of hydrogen-bond acceptors (Lipinski definition) is 1. The number of hydrogen-bond donors (Lipinski definition) is 1. The van der Waals surface area contributed by atoms with Gasteiger partial charge in [0.1, 0.15) is 0 Å². The first-order valence-electron chi connectivity index (χ1n) is 8.95. The average molecular weight is 265 g/mol. The van der Waals surface area contributed by atoms with Gasteiger partial charge in [-0.15, -0.1) is 0 Å². The maximum atomic E-state index is 3.99. The van der Waals surface area contributed by atoms with Gasteiger partial charge in [-0.1, -0.05) is 46.5 Å². The first-order valence-corrected chi connectivity index (χ1v) is 8.95. The predicted octanol–water partition coefficient (Wildman–Crippen LogP) is 5.15. The van der Waals surface area contributed by atoms with Gasteiger partial charge in [0.15, 0.2) is 0 Å². The van der Waals surface area contributed by atoms with E-state index in [1.54, 1.807) is 0 Å². The highest BCUT2D eigenvalue weighted by Gasteiger charge is 2.43. The van der Waals surface area contributed by atoms with Crippen LogP contribution in [0.25, 0.3) is 0 Å². The Morgan fingerprint density at radius 1 is 1.05 bits per heavy atom. The van der Waals surface area contributed by atoms with E-state index in [1.807, 2.05) is 0 Å². The minimum Gasteiger partial charge on any atom is -0.313 e. The summed E-state index contributed by atoms with van der Waals surface area (Å²) in [4.78, 5) is 0. The van der Waals surface area contributed by atoms with Crippen molar-refractivity contribution in [2.75, 3.05) is 6.54 Å². The highest BCUT2D eigenvalue weighted by Crippen LogP contribution is 2.48. The zero-order chi connectivity index (χ0) is 13.7. The Balaban J connectivity index is 2.05. The van der Waals surface area contributed by atoms with Crippen LogP contribution in [0.4, 0.5) is 0 Å². The fourth-order valence-corrected chi connectivity index (χ4v) is 4.77. The van der Waals surface area contributed by atoms with Crippen LogP contribution in [0.2, 0.25) is 0 Å². The lowest BCUT2D eigenvalue weighted by Crippen LogP contribution is -2.49. The second-order valence-electron chi connectivity index (χ2n) is 7.37. The van der Waals surface area contributed by atoms with E-state index in [1.165, 1.54) is 70.8 Å². The molecule has 0 aromatic rings. The molecule has 0 aromatic heterocycles. The van der Waals surface area contributed by atoms with Crippen molar-refractivity contribution in [2.24, 2.45) is 17.3 Å². The quantitative estimate of drug-likeness (QED) is 0.700. The Hall–Kier alpha value is -0.0400. The molecular weight excluding hydrogens is 230 g/mol. The van der Waals surface area contributed by atoms with Gasteiger partial charge in [-0.25, -0.2) is 0 Å². The molecule has 0 aliphatic heterocycles. The molecule has 0 bridgehead atoms. The van der Waals surface area contributed by atoms with Gasteiger partial charge in [0.05, 0.1) is 0 Å².